The SMILES string of the molecule is Clc1cccc2ccn(Cc3csc4ccccc34)c12. The van der Waals surface area contributed by atoms with Crippen molar-refractivity contribution in [3.05, 3.63) is 70.7 Å². The Labute approximate surface area is 126 Å². The van der Waals surface area contributed by atoms with E-state index in [0.717, 1.165) is 17.1 Å². The molecule has 0 radical (unpaired) electrons. The van der Waals surface area contributed by atoms with Gasteiger partial charge in [-0.25, -0.2) is 0 Å². The molecule has 0 atom stereocenters. The third-order valence-electron chi connectivity index (χ3n) is 3.64. The molecule has 0 spiro atoms. The van der Waals surface area contributed by atoms with Gasteiger partial charge in [0.05, 0.1) is 10.5 Å². The molecule has 0 aliphatic rings. The van der Waals surface area contributed by atoms with Crippen LogP contribution in [0.4, 0.5) is 0 Å². The molecular formula is C17H12ClNS. The van der Waals surface area contributed by atoms with Gasteiger partial charge in [0.1, 0.15) is 0 Å². The van der Waals surface area contributed by atoms with E-state index in [4.69, 9.17) is 11.6 Å². The molecule has 0 saturated carbocycles. The van der Waals surface area contributed by atoms with Crippen molar-refractivity contribution in [1.82, 2.24) is 4.57 Å². The zero-order chi connectivity index (χ0) is 13.5. The molecule has 0 bridgehead atoms. The van der Waals surface area contributed by atoms with E-state index >= 15 is 0 Å². The monoisotopic (exact) mass is 297 g/mol. The highest BCUT2D eigenvalue weighted by Crippen LogP contribution is 2.29. The van der Waals surface area contributed by atoms with Crippen LogP contribution in [0.25, 0.3) is 21.0 Å². The van der Waals surface area contributed by atoms with Crippen molar-refractivity contribution >= 4 is 43.9 Å². The Kier molecular flexibility index (Phi) is 2.79. The van der Waals surface area contributed by atoms with Crippen molar-refractivity contribution in [2.45, 2.75) is 6.54 Å². The molecule has 2 heterocycles. The van der Waals surface area contributed by atoms with Crippen molar-refractivity contribution in [3.63, 3.8) is 0 Å². The second-order valence-electron chi connectivity index (χ2n) is 4.88. The van der Waals surface area contributed by atoms with Gasteiger partial charge < -0.3 is 4.57 Å². The number of para-hydroxylation sites is 1. The molecule has 0 N–H and O–H groups in total. The quantitative estimate of drug-likeness (QED) is 0.456. The van der Waals surface area contributed by atoms with Gasteiger partial charge in [0, 0.05) is 22.8 Å². The van der Waals surface area contributed by atoms with Crippen molar-refractivity contribution in [1.29, 1.82) is 0 Å². The zero-order valence-corrected chi connectivity index (χ0v) is 12.3. The van der Waals surface area contributed by atoms with Crippen LogP contribution >= 0.6 is 22.9 Å². The summed E-state index contributed by atoms with van der Waals surface area (Å²) in [5, 5.41) is 5.59. The minimum atomic E-state index is 0.812. The first-order chi connectivity index (χ1) is 9.83. The Morgan fingerprint density at radius 1 is 1.00 bits per heavy atom. The van der Waals surface area contributed by atoms with Crippen LogP contribution in [0.3, 0.4) is 0 Å². The van der Waals surface area contributed by atoms with E-state index in [0.29, 0.717) is 0 Å². The molecule has 0 unspecified atom stereocenters. The molecule has 0 fully saturated rings. The summed E-state index contributed by atoms with van der Waals surface area (Å²) in [7, 11) is 0. The number of hydrogen-bond donors (Lipinski definition) is 0. The summed E-state index contributed by atoms with van der Waals surface area (Å²) in [5.41, 5.74) is 2.47. The van der Waals surface area contributed by atoms with E-state index < -0.39 is 0 Å². The van der Waals surface area contributed by atoms with E-state index in [9.17, 15) is 0 Å². The lowest BCUT2D eigenvalue weighted by molar-refractivity contribution is 0.846. The Morgan fingerprint density at radius 3 is 2.85 bits per heavy atom. The first-order valence-corrected chi connectivity index (χ1v) is 7.77. The van der Waals surface area contributed by atoms with Crippen LogP contribution < -0.4 is 0 Å². The number of fused-ring (bicyclic) bond motifs is 2. The number of nitrogens with zero attached hydrogens (tertiary/aromatic N) is 1. The molecule has 2 aromatic heterocycles. The van der Waals surface area contributed by atoms with Crippen LogP contribution in [0.1, 0.15) is 5.56 Å². The Morgan fingerprint density at radius 2 is 1.90 bits per heavy atom. The lowest BCUT2D eigenvalue weighted by Crippen LogP contribution is -1.97. The maximum absolute atomic E-state index is 6.34. The smallest absolute Gasteiger partial charge is 0.0672 e. The van der Waals surface area contributed by atoms with Crippen molar-refractivity contribution in [2.75, 3.05) is 0 Å². The predicted octanol–water partition coefficient (Wildman–Crippen LogP) is 5.56. The molecule has 0 saturated heterocycles. The zero-order valence-electron chi connectivity index (χ0n) is 10.7. The first-order valence-electron chi connectivity index (χ1n) is 6.51. The van der Waals surface area contributed by atoms with Crippen molar-refractivity contribution < 1.29 is 0 Å². The van der Waals surface area contributed by atoms with E-state index in [2.05, 4.69) is 52.5 Å². The summed E-state index contributed by atoms with van der Waals surface area (Å²) >= 11 is 8.14. The first kappa shape index (κ1) is 12.0. The van der Waals surface area contributed by atoms with Gasteiger partial charge in [-0.15, -0.1) is 11.3 Å². The number of benzene rings is 2. The van der Waals surface area contributed by atoms with Gasteiger partial charge in [-0.1, -0.05) is 41.9 Å². The van der Waals surface area contributed by atoms with Crippen LogP contribution in [0.15, 0.2) is 60.1 Å². The average Bonchev–Trinajstić information content (AvgIpc) is 3.06. The third kappa shape index (κ3) is 1.84. The average molecular weight is 298 g/mol. The lowest BCUT2D eigenvalue weighted by Gasteiger charge is -2.06. The number of aromatic nitrogens is 1. The van der Waals surface area contributed by atoms with Crippen LogP contribution in [0.5, 0.6) is 0 Å². The molecule has 98 valence electrons. The summed E-state index contributed by atoms with van der Waals surface area (Å²) in [5.74, 6) is 0. The Balaban J connectivity index is 1.85. The van der Waals surface area contributed by atoms with Gasteiger partial charge in [0.25, 0.3) is 0 Å². The Bertz CT molecular complexity index is 904. The number of rotatable bonds is 2. The van der Waals surface area contributed by atoms with Crippen LogP contribution in [0.2, 0.25) is 5.02 Å². The molecule has 0 aliphatic heterocycles. The van der Waals surface area contributed by atoms with Gasteiger partial charge in [-0.3, -0.25) is 0 Å². The fourth-order valence-corrected chi connectivity index (χ4v) is 3.93. The maximum Gasteiger partial charge on any atom is 0.0672 e. The van der Waals surface area contributed by atoms with Gasteiger partial charge in [0.15, 0.2) is 0 Å². The second-order valence-corrected chi connectivity index (χ2v) is 6.20. The minimum absolute atomic E-state index is 0.812. The highest BCUT2D eigenvalue weighted by atomic mass is 35.5. The highest BCUT2D eigenvalue weighted by Gasteiger charge is 2.08. The van der Waals surface area contributed by atoms with Gasteiger partial charge in [-0.2, -0.15) is 0 Å². The number of hydrogen-bond acceptors (Lipinski definition) is 1. The molecular weight excluding hydrogens is 286 g/mol. The van der Waals surface area contributed by atoms with Crippen molar-refractivity contribution in [3.8, 4) is 0 Å². The molecule has 4 rings (SSSR count). The minimum Gasteiger partial charge on any atom is -0.342 e. The molecule has 0 amide bonds. The topological polar surface area (TPSA) is 4.93 Å². The molecule has 0 aliphatic carbocycles. The van der Waals surface area contributed by atoms with Crippen molar-refractivity contribution in [2.24, 2.45) is 0 Å². The molecule has 2 aromatic carbocycles. The normalized spacial score (nSPS) is 11.4. The molecule has 1 nitrogen and oxygen atoms in total. The summed E-state index contributed by atoms with van der Waals surface area (Å²) in [6, 6.07) is 16.7. The number of thiophene rings is 1. The third-order valence-corrected chi connectivity index (χ3v) is 4.96. The van der Waals surface area contributed by atoms with Crippen LogP contribution in [-0.2, 0) is 6.54 Å². The fourth-order valence-electron chi connectivity index (χ4n) is 2.68. The second kappa shape index (κ2) is 4.65. The summed E-state index contributed by atoms with van der Waals surface area (Å²) in [6.07, 6.45) is 2.11. The number of halogens is 1. The summed E-state index contributed by atoms with van der Waals surface area (Å²) < 4.78 is 3.57. The largest absolute Gasteiger partial charge is 0.342 e. The van der Waals surface area contributed by atoms with E-state index in [1.54, 1.807) is 11.3 Å². The van der Waals surface area contributed by atoms with E-state index in [1.807, 2.05) is 12.1 Å². The van der Waals surface area contributed by atoms with Gasteiger partial charge in [-0.05, 0) is 34.5 Å². The van der Waals surface area contributed by atoms with E-state index in [1.165, 1.54) is 21.0 Å². The van der Waals surface area contributed by atoms with Gasteiger partial charge >= 0.3 is 0 Å². The summed E-state index contributed by atoms with van der Waals surface area (Å²) in [6.45, 7) is 0.858. The molecule has 20 heavy (non-hydrogen) atoms. The van der Waals surface area contributed by atoms with E-state index in [-0.39, 0.29) is 0 Å². The molecule has 3 heteroatoms. The lowest BCUT2D eigenvalue weighted by atomic mass is 10.2. The molecule has 4 aromatic rings. The maximum atomic E-state index is 6.34. The van der Waals surface area contributed by atoms with Crippen LogP contribution in [-0.4, -0.2) is 4.57 Å². The predicted molar refractivity (Wildman–Crippen MR) is 87.9 cm³/mol. The highest BCUT2D eigenvalue weighted by molar-refractivity contribution is 7.17. The fraction of sp³-hybridized carbons (Fsp3) is 0.0588. The summed E-state index contributed by atoms with van der Waals surface area (Å²) in [4.78, 5) is 0. The standard InChI is InChI=1S/C17H12ClNS/c18-15-6-3-4-12-8-9-19(17(12)15)10-13-11-20-16-7-2-1-5-14(13)16/h1-9,11H,10H2. The van der Waals surface area contributed by atoms with Crippen LogP contribution in [0, 0.1) is 0 Å². The Hall–Kier alpha value is -1.77. The van der Waals surface area contributed by atoms with Gasteiger partial charge in [0.2, 0.25) is 0 Å².